The van der Waals surface area contributed by atoms with E-state index in [-0.39, 0.29) is 35.5 Å². The molecule has 4 fully saturated rings. The molecule has 612 valence electrons. The maximum atomic E-state index is 12.8. The maximum absolute atomic E-state index is 12.8. The molecule has 0 aliphatic carbocycles. The van der Waals surface area contributed by atoms with Gasteiger partial charge in [-0.3, -0.25) is 14.4 Å². The number of rotatable bonds is 8. The summed E-state index contributed by atoms with van der Waals surface area (Å²) in [7, 11) is -6.16. The van der Waals surface area contributed by atoms with E-state index < -0.39 is 62.1 Å². The topological polar surface area (TPSA) is 222 Å². The fraction of sp³-hybridized carbons (Fsp3) is 0.472. The highest BCUT2D eigenvalue weighted by Crippen LogP contribution is 2.49. The molecular weight excluding hydrogens is 1490 g/mol. The molecular formula is C89H106BF3N6O15S. The summed E-state index contributed by atoms with van der Waals surface area (Å²) < 4.78 is 106. The molecule has 10 aliphatic rings. The zero-order chi connectivity index (χ0) is 82.4. The van der Waals surface area contributed by atoms with Gasteiger partial charge in [0.25, 0.3) is 17.7 Å². The molecule has 0 saturated carbocycles. The van der Waals surface area contributed by atoms with E-state index >= 15 is 0 Å². The van der Waals surface area contributed by atoms with E-state index in [0.29, 0.717) is 82.5 Å². The quantitative estimate of drug-likeness (QED) is 0.0850. The third-order valence-electron chi connectivity index (χ3n) is 23.3. The van der Waals surface area contributed by atoms with Gasteiger partial charge < -0.3 is 67.0 Å². The van der Waals surface area contributed by atoms with Crippen LogP contribution in [0.15, 0.2) is 146 Å². The maximum Gasteiger partial charge on any atom is 0.534 e. The smallest absolute Gasteiger partial charge is 0.482 e. The SMILES string of the molecule is CC(C)(C)OC(=O)N1CCC2(C=C(B3OC(C)(C)C(C)(C)O3)c3ccccc3O2)CC1.CCN1CCc2cc(C3=CC4(CCN(C(=O)OC(C)(C)C)CC4)Oc4ccccc43)ccc2C1=O.CCN1CCc2cc(C3=CC4(CCNCC4)Oc4ccccc43)ccc2C1=O.CCN1CCc2cc(OS(=O)(=O)C(F)(F)F)ccc2C1=O. The van der Waals surface area contributed by atoms with Crippen LogP contribution in [0, 0.1) is 0 Å². The van der Waals surface area contributed by atoms with Gasteiger partial charge in [-0.15, -0.1) is 0 Å². The lowest BCUT2D eigenvalue weighted by molar-refractivity contribution is -0.0500. The molecule has 6 aromatic rings. The van der Waals surface area contributed by atoms with Crippen molar-refractivity contribution in [3.63, 3.8) is 0 Å². The van der Waals surface area contributed by atoms with E-state index in [0.717, 1.165) is 150 Å². The van der Waals surface area contributed by atoms with Crippen molar-refractivity contribution >= 4 is 63.8 Å². The molecule has 0 atom stereocenters. The number of alkyl halides is 3. The molecule has 6 aromatic carbocycles. The van der Waals surface area contributed by atoms with Gasteiger partial charge in [-0.2, -0.15) is 21.6 Å². The number of amides is 5. The number of nitrogens with zero attached hydrogens (tertiary/aromatic N) is 5. The third kappa shape index (κ3) is 18.0. The first kappa shape index (κ1) is 83.3. The number of hydrogen-bond donors (Lipinski definition) is 1. The monoisotopic (exact) mass is 1600 g/mol. The summed E-state index contributed by atoms with van der Waals surface area (Å²) in [5.41, 5.74) is 5.07. The second kappa shape index (κ2) is 32.5. The van der Waals surface area contributed by atoms with Gasteiger partial charge in [0.15, 0.2) is 0 Å². The van der Waals surface area contributed by atoms with E-state index in [9.17, 15) is 45.6 Å². The van der Waals surface area contributed by atoms with Crippen LogP contribution in [-0.4, -0.2) is 193 Å². The second-order valence-electron chi connectivity index (χ2n) is 33.9. The fourth-order valence-electron chi connectivity index (χ4n) is 16.2. The molecule has 10 aliphatic heterocycles. The highest BCUT2D eigenvalue weighted by molar-refractivity contribution is 7.88. The Labute approximate surface area is 673 Å². The van der Waals surface area contributed by atoms with E-state index in [1.54, 1.807) is 14.7 Å². The average Bonchev–Trinajstić information content (AvgIpc) is 1.69. The Hall–Kier alpha value is -9.63. The summed E-state index contributed by atoms with van der Waals surface area (Å²) in [5, 5.41) is 3.44. The van der Waals surface area contributed by atoms with Crippen LogP contribution < -0.4 is 23.7 Å². The predicted molar refractivity (Wildman–Crippen MR) is 435 cm³/mol. The number of carbonyl (C=O) groups excluding carboxylic acids is 5. The lowest BCUT2D eigenvalue weighted by atomic mass is 9.69. The summed E-state index contributed by atoms with van der Waals surface area (Å²) in [6.45, 7) is 33.7. The molecule has 5 amide bonds. The van der Waals surface area contributed by atoms with Crippen LogP contribution in [0.1, 0.15) is 204 Å². The molecule has 4 saturated heterocycles. The van der Waals surface area contributed by atoms with Crippen molar-refractivity contribution in [2.24, 2.45) is 0 Å². The van der Waals surface area contributed by atoms with Crippen LogP contribution >= 0.6 is 0 Å². The molecule has 16 rings (SSSR count). The Bertz CT molecular complexity index is 4910. The van der Waals surface area contributed by atoms with Crippen molar-refractivity contribution in [2.75, 3.05) is 78.5 Å². The summed E-state index contributed by atoms with van der Waals surface area (Å²) in [5.74, 6) is 2.25. The van der Waals surface area contributed by atoms with Gasteiger partial charge in [0.1, 0.15) is 51.0 Å². The van der Waals surface area contributed by atoms with Gasteiger partial charge in [-0.25, -0.2) is 9.59 Å². The van der Waals surface area contributed by atoms with E-state index in [1.165, 1.54) is 17.2 Å². The van der Waals surface area contributed by atoms with Crippen molar-refractivity contribution in [3.8, 4) is 23.0 Å². The molecule has 26 heteroatoms. The Morgan fingerprint density at radius 3 is 1.22 bits per heavy atom. The molecule has 1 N–H and O–H groups in total. The fourth-order valence-corrected chi connectivity index (χ4v) is 16.7. The lowest BCUT2D eigenvalue weighted by Crippen LogP contribution is -2.51. The Kier molecular flexibility index (Phi) is 23.5. The van der Waals surface area contributed by atoms with Gasteiger partial charge in [-0.1, -0.05) is 78.9 Å². The van der Waals surface area contributed by atoms with Crippen LogP contribution in [0.2, 0.25) is 0 Å². The highest BCUT2D eigenvalue weighted by Gasteiger charge is 2.55. The van der Waals surface area contributed by atoms with Gasteiger partial charge in [-0.05, 0) is 234 Å². The minimum absolute atomic E-state index is 0.118. The number of likely N-dealkylation sites (tertiary alicyclic amines) is 2. The van der Waals surface area contributed by atoms with Crippen LogP contribution in [0.25, 0.3) is 16.6 Å². The number of likely N-dealkylation sites (N-methyl/N-ethyl adjacent to an activating group) is 3. The Morgan fingerprint density at radius 1 is 0.470 bits per heavy atom. The zero-order valence-corrected chi connectivity index (χ0v) is 69.0. The van der Waals surface area contributed by atoms with E-state index in [2.05, 4.69) is 110 Å². The van der Waals surface area contributed by atoms with E-state index in [1.807, 2.05) is 127 Å². The summed E-state index contributed by atoms with van der Waals surface area (Å²) in [4.78, 5) is 71.5. The first-order valence-corrected chi connectivity index (χ1v) is 41.6. The Balaban J connectivity index is 0.000000136. The number of hydrogen-bond acceptors (Lipinski definition) is 16. The predicted octanol–water partition coefficient (Wildman–Crippen LogP) is 15.7. The molecule has 115 heavy (non-hydrogen) atoms. The summed E-state index contributed by atoms with van der Waals surface area (Å²) in [6.07, 6.45) is 13.1. The minimum Gasteiger partial charge on any atom is -0.482 e. The molecule has 10 heterocycles. The van der Waals surface area contributed by atoms with Crippen molar-refractivity contribution < 1.29 is 82.7 Å². The molecule has 0 unspecified atom stereocenters. The molecule has 21 nitrogen and oxygen atoms in total. The number of benzene rings is 6. The average molecular weight is 1600 g/mol. The van der Waals surface area contributed by atoms with Gasteiger partial charge >= 0.3 is 34.9 Å². The van der Waals surface area contributed by atoms with Gasteiger partial charge in [0.2, 0.25) is 0 Å². The highest BCUT2D eigenvalue weighted by atomic mass is 32.2. The zero-order valence-electron chi connectivity index (χ0n) is 68.2. The van der Waals surface area contributed by atoms with Crippen molar-refractivity contribution in [3.05, 3.63) is 207 Å². The number of nitrogens with one attached hydrogen (secondary N) is 1. The number of carbonyl (C=O) groups is 5. The molecule has 0 radical (unpaired) electrons. The van der Waals surface area contributed by atoms with E-state index in [4.69, 9.17) is 33.0 Å². The largest absolute Gasteiger partial charge is 0.534 e. The summed E-state index contributed by atoms with van der Waals surface area (Å²) >= 11 is 0. The minimum atomic E-state index is -5.70. The van der Waals surface area contributed by atoms with Gasteiger partial charge in [0, 0.05) is 137 Å². The normalized spacial score (nSPS) is 20.0. The van der Waals surface area contributed by atoms with Gasteiger partial charge in [0.05, 0.1) is 11.2 Å². The number of para-hydroxylation sites is 3. The van der Waals surface area contributed by atoms with Crippen molar-refractivity contribution in [1.82, 2.24) is 29.8 Å². The number of halogens is 3. The number of piperidine rings is 3. The lowest BCUT2D eigenvalue weighted by Gasteiger charge is -2.43. The third-order valence-corrected chi connectivity index (χ3v) is 24.2. The molecule has 0 aromatic heterocycles. The Morgan fingerprint density at radius 2 is 0.826 bits per heavy atom. The van der Waals surface area contributed by atoms with Crippen LogP contribution in [0.4, 0.5) is 22.8 Å². The van der Waals surface area contributed by atoms with Crippen LogP contribution in [0.3, 0.4) is 0 Å². The van der Waals surface area contributed by atoms with Crippen molar-refractivity contribution in [2.45, 2.75) is 193 Å². The number of fused-ring (bicyclic) bond motifs is 6. The van der Waals surface area contributed by atoms with Crippen LogP contribution in [0.5, 0.6) is 23.0 Å². The standard InChI is InChI=1S/C29H34N2O4.C24H34BNO5.C24H26N2O2.C12H12F3NO4S/c1-5-30-15-12-21-18-20(10-11-22(21)26(30)32)24-19-29(34-25-9-7-6-8-23(24)25)13-16-31(17-14-29)27(33)35-28(2,3)4;1-21(2,3)29-20(27)26-14-12-24(13-15-26)16-18(17-10-8-9-11-19(17)28-24)25-30-22(4,5)23(6,7)31-25;1-2-26-14-9-18-15-17(7-8-19(18)23(26)27)21-16-24(10-12-25-13-11-24)28-22-6-4-3-5-20(21)22;1-2-16-6-5-8-7-9(3-4-10(8)11(16)17)20-21(18,19)12(13,14)15/h6-11,18-19H,5,12-17H2,1-4H3;8-11,16H,12-15H2,1-7H3;3-8,15-16,25H,2,9-14H2,1H3;3-4,7H,2,5-6H2,1H3. The molecule has 3 spiro atoms. The van der Waals surface area contributed by atoms with Crippen LogP contribution in [-0.2, 0) is 48.2 Å². The van der Waals surface area contributed by atoms with Crippen molar-refractivity contribution in [1.29, 1.82) is 0 Å². The first-order valence-electron chi connectivity index (χ1n) is 40.2. The first-order chi connectivity index (χ1) is 54.3. The number of ether oxygens (including phenoxy) is 5. The second-order valence-corrected chi connectivity index (χ2v) is 35.5. The summed E-state index contributed by atoms with van der Waals surface area (Å²) in [6, 6.07) is 40.5. The molecule has 0 bridgehead atoms.